The van der Waals surface area contributed by atoms with Crippen LogP contribution < -0.4 is 5.73 Å². The lowest BCUT2D eigenvalue weighted by atomic mass is 9.93. The summed E-state index contributed by atoms with van der Waals surface area (Å²) in [5.41, 5.74) is 8.61. The number of hydrogen-bond acceptors (Lipinski definition) is 5. The molecular formula is C14H21N3S2. The summed E-state index contributed by atoms with van der Waals surface area (Å²) in [6.45, 7) is 10.6. The van der Waals surface area contributed by atoms with Gasteiger partial charge in [0, 0.05) is 28.1 Å². The minimum atomic E-state index is 0.00479. The largest absolute Gasteiger partial charge is 0.323 e. The van der Waals surface area contributed by atoms with Crippen molar-refractivity contribution in [3.63, 3.8) is 0 Å². The Hall–Kier alpha value is -0.780. The van der Waals surface area contributed by atoms with Gasteiger partial charge in [0.15, 0.2) is 0 Å². The third-order valence-corrected chi connectivity index (χ3v) is 5.07. The molecular weight excluding hydrogens is 274 g/mol. The van der Waals surface area contributed by atoms with Crippen molar-refractivity contribution in [2.24, 2.45) is 5.73 Å². The number of nitrogens with two attached hydrogens (primary N) is 1. The van der Waals surface area contributed by atoms with E-state index >= 15 is 0 Å². The fourth-order valence-corrected chi connectivity index (χ4v) is 3.93. The average molecular weight is 295 g/mol. The fraction of sp³-hybridized carbons (Fsp3) is 0.571. The number of nitrogens with zero attached hydrogens (tertiary/aromatic N) is 2. The third kappa shape index (κ3) is 3.41. The smallest absolute Gasteiger partial charge is 0.0947 e. The van der Waals surface area contributed by atoms with E-state index in [1.165, 1.54) is 4.88 Å². The van der Waals surface area contributed by atoms with Gasteiger partial charge >= 0.3 is 0 Å². The molecule has 19 heavy (non-hydrogen) atoms. The normalized spacial score (nSPS) is 13.8. The maximum absolute atomic E-state index is 6.30. The van der Waals surface area contributed by atoms with Crippen molar-refractivity contribution in [1.82, 2.24) is 9.97 Å². The van der Waals surface area contributed by atoms with Gasteiger partial charge in [-0.3, -0.25) is 0 Å². The topological polar surface area (TPSA) is 51.8 Å². The van der Waals surface area contributed by atoms with Gasteiger partial charge in [-0.05, 0) is 13.8 Å². The molecule has 0 aliphatic heterocycles. The number of hydrogen-bond donors (Lipinski definition) is 1. The molecule has 2 N–H and O–H groups in total. The highest BCUT2D eigenvalue weighted by Gasteiger charge is 2.20. The molecule has 0 fully saturated rings. The molecule has 1 unspecified atom stereocenters. The lowest BCUT2D eigenvalue weighted by Crippen LogP contribution is -2.14. The van der Waals surface area contributed by atoms with E-state index in [2.05, 4.69) is 31.1 Å². The second-order valence-corrected chi connectivity index (χ2v) is 8.05. The van der Waals surface area contributed by atoms with Crippen LogP contribution in [-0.2, 0) is 11.8 Å². The summed E-state index contributed by atoms with van der Waals surface area (Å²) < 4.78 is 0. The summed E-state index contributed by atoms with van der Waals surface area (Å²) in [5, 5.41) is 4.34. The van der Waals surface area contributed by atoms with Crippen LogP contribution in [-0.4, -0.2) is 9.97 Å². The second kappa shape index (κ2) is 5.31. The maximum atomic E-state index is 6.30. The molecule has 2 rings (SSSR count). The highest BCUT2D eigenvalue weighted by atomic mass is 32.1. The van der Waals surface area contributed by atoms with Crippen molar-refractivity contribution >= 4 is 22.7 Å². The van der Waals surface area contributed by atoms with Gasteiger partial charge in [0.1, 0.15) is 0 Å². The Morgan fingerprint density at radius 1 is 1.26 bits per heavy atom. The van der Waals surface area contributed by atoms with Gasteiger partial charge in [0.2, 0.25) is 0 Å². The first kappa shape index (κ1) is 14.6. The maximum Gasteiger partial charge on any atom is 0.0947 e. The molecule has 0 aliphatic rings. The molecule has 3 nitrogen and oxygen atoms in total. The molecule has 0 radical (unpaired) electrons. The van der Waals surface area contributed by atoms with Crippen LogP contribution in [0, 0.1) is 13.8 Å². The SMILES string of the molecule is Cc1nc(C)c(C(N)Cc2nc(C(C)(C)C)cs2)s1. The van der Waals surface area contributed by atoms with Crippen LogP contribution in [0.1, 0.15) is 53.1 Å². The Morgan fingerprint density at radius 3 is 2.42 bits per heavy atom. The van der Waals surface area contributed by atoms with Gasteiger partial charge < -0.3 is 5.73 Å². The fourth-order valence-electron chi connectivity index (χ4n) is 1.92. The first-order valence-electron chi connectivity index (χ1n) is 6.41. The molecule has 2 aromatic heterocycles. The summed E-state index contributed by atoms with van der Waals surface area (Å²) in [7, 11) is 0. The van der Waals surface area contributed by atoms with Crippen LogP contribution in [0.15, 0.2) is 5.38 Å². The van der Waals surface area contributed by atoms with Gasteiger partial charge in [0.25, 0.3) is 0 Å². The summed E-state index contributed by atoms with van der Waals surface area (Å²) in [6, 6.07) is 0.00479. The highest BCUT2D eigenvalue weighted by Crippen LogP contribution is 2.29. The highest BCUT2D eigenvalue weighted by molar-refractivity contribution is 7.11. The monoisotopic (exact) mass is 295 g/mol. The molecule has 0 aromatic carbocycles. The van der Waals surface area contributed by atoms with E-state index in [1.807, 2.05) is 13.8 Å². The van der Waals surface area contributed by atoms with Gasteiger partial charge in [-0.15, -0.1) is 22.7 Å². The first-order chi connectivity index (χ1) is 8.77. The minimum absolute atomic E-state index is 0.00479. The van der Waals surface area contributed by atoms with E-state index < -0.39 is 0 Å². The Morgan fingerprint density at radius 2 is 1.95 bits per heavy atom. The second-order valence-electron chi connectivity index (χ2n) is 5.87. The zero-order valence-corrected chi connectivity index (χ0v) is 13.8. The van der Waals surface area contributed by atoms with E-state index in [9.17, 15) is 0 Å². The molecule has 0 saturated heterocycles. The Labute approximate surface area is 122 Å². The van der Waals surface area contributed by atoms with Crippen LogP contribution in [0.5, 0.6) is 0 Å². The summed E-state index contributed by atoms with van der Waals surface area (Å²) in [5.74, 6) is 0. The first-order valence-corrected chi connectivity index (χ1v) is 8.11. The van der Waals surface area contributed by atoms with Gasteiger partial charge in [0.05, 0.1) is 21.4 Å². The molecule has 0 bridgehead atoms. The van der Waals surface area contributed by atoms with Crippen molar-refractivity contribution in [2.75, 3.05) is 0 Å². The van der Waals surface area contributed by atoms with Crippen molar-refractivity contribution < 1.29 is 0 Å². The van der Waals surface area contributed by atoms with Crippen LogP contribution in [0.2, 0.25) is 0 Å². The van der Waals surface area contributed by atoms with Crippen LogP contribution in [0.4, 0.5) is 0 Å². The zero-order chi connectivity index (χ0) is 14.2. The standard InChI is InChI=1S/C14H21N3S2/c1-8-13(19-9(2)16-8)10(15)6-12-17-11(7-18-12)14(3,4)5/h7,10H,6,15H2,1-5H3. The van der Waals surface area contributed by atoms with E-state index in [0.29, 0.717) is 0 Å². The molecule has 0 spiro atoms. The molecule has 0 amide bonds. The minimum Gasteiger partial charge on any atom is -0.323 e. The van der Waals surface area contributed by atoms with E-state index in [1.54, 1.807) is 22.7 Å². The summed E-state index contributed by atoms with van der Waals surface area (Å²) >= 11 is 3.40. The Kier molecular flexibility index (Phi) is 4.08. The Bertz CT molecular complexity index is 563. The number of thiazole rings is 2. The predicted molar refractivity (Wildman–Crippen MR) is 83.0 cm³/mol. The third-order valence-electron chi connectivity index (χ3n) is 2.99. The summed E-state index contributed by atoms with van der Waals surface area (Å²) in [6.07, 6.45) is 0.795. The lowest BCUT2D eigenvalue weighted by molar-refractivity contribution is 0.569. The average Bonchev–Trinajstić information content (AvgIpc) is 2.84. The molecule has 5 heteroatoms. The van der Waals surface area contributed by atoms with Crippen LogP contribution in [0.25, 0.3) is 0 Å². The van der Waals surface area contributed by atoms with Crippen molar-refractivity contribution in [2.45, 2.75) is 52.5 Å². The quantitative estimate of drug-likeness (QED) is 0.938. The summed E-state index contributed by atoms with van der Waals surface area (Å²) in [4.78, 5) is 10.3. The van der Waals surface area contributed by atoms with Gasteiger partial charge in [-0.2, -0.15) is 0 Å². The molecule has 2 heterocycles. The van der Waals surface area contributed by atoms with Gasteiger partial charge in [-0.25, -0.2) is 9.97 Å². The number of rotatable bonds is 3. The lowest BCUT2D eigenvalue weighted by Gasteiger charge is -2.14. The van der Waals surface area contributed by atoms with Crippen molar-refractivity contribution in [3.05, 3.63) is 31.7 Å². The molecule has 1 atom stereocenters. The van der Waals surface area contributed by atoms with Gasteiger partial charge in [-0.1, -0.05) is 20.8 Å². The Balaban J connectivity index is 2.13. The van der Waals surface area contributed by atoms with Crippen LogP contribution >= 0.6 is 22.7 Å². The zero-order valence-electron chi connectivity index (χ0n) is 12.2. The van der Waals surface area contributed by atoms with E-state index in [-0.39, 0.29) is 11.5 Å². The number of aromatic nitrogens is 2. The number of aryl methyl sites for hydroxylation is 2. The van der Waals surface area contributed by atoms with E-state index in [4.69, 9.17) is 10.7 Å². The van der Waals surface area contributed by atoms with E-state index in [0.717, 1.165) is 27.8 Å². The van der Waals surface area contributed by atoms with Crippen LogP contribution in [0.3, 0.4) is 0 Å². The molecule has 0 saturated carbocycles. The predicted octanol–water partition coefficient (Wildman–Crippen LogP) is 3.76. The molecule has 2 aromatic rings. The molecule has 0 aliphatic carbocycles. The van der Waals surface area contributed by atoms with Crippen molar-refractivity contribution in [3.8, 4) is 0 Å². The van der Waals surface area contributed by atoms with Crippen molar-refractivity contribution in [1.29, 1.82) is 0 Å². The molecule has 104 valence electrons.